The van der Waals surface area contributed by atoms with E-state index in [1.54, 1.807) is 12.1 Å². The summed E-state index contributed by atoms with van der Waals surface area (Å²) < 4.78 is 5.63. The SMILES string of the molecule is CC(=O)c1ccccc1OCCN1CCCCC1=O. The lowest BCUT2D eigenvalue weighted by molar-refractivity contribution is -0.133. The Morgan fingerprint density at radius 1 is 1.32 bits per heavy atom. The smallest absolute Gasteiger partial charge is 0.222 e. The van der Waals surface area contributed by atoms with Crippen LogP contribution in [0.5, 0.6) is 5.75 Å². The summed E-state index contributed by atoms with van der Waals surface area (Å²) in [6, 6.07) is 7.20. The number of Topliss-reactive ketones (excluding diaryl/α,β-unsaturated/α-hetero) is 1. The Bertz CT molecular complexity index is 470. The van der Waals surface area contributed by atoms with Gasteiger partial charge >= 0.3 is 0 Å². The quantitative estimate of drug-likeness (QED) is 0.764. The van der Waals surface area contributed by atoms with Crippen molar-refractivity contribution in [1.29, 1.82) is 0 Å². The molecule has 0 radical (unpaired) electrons. The zero-order valence-electron chi connectivity index (χ0n) is 11.2. The maximum Gasteiger partial charge on any atom is 0.222 e. The van der Waals surface area contributed by atoms with Crippen molar-refractivity contribution in [2.75, 3.05) is 19.7 Å². The Hall–Kier alpha value is -1.84. The minimum Gasteiger partial charge on any atom is -0.491 e. The molecule has 1 amide bonds. The number of nitrogens with zero attached hydrogens (tertiary/aromatic N) is 1. The molecule has 1 aromatic carbocycles. The summed E-state index contributed by atoms with van der Waals surface area (Å²) in [5, 5.41) is 0. The molecule has 1 heterocycles. The van der Waals surface area contributed by atoms with Crippen molar-refractivity contribution >= 4 is 11.7 Å². The van der Waals surface area contributed by atoms with Crippen molar-refractivity contribution in [2.24, 2.45) is 0 Å². The first-order valence-electron chi connectivity index (χ1n) is 6.69. The average Bonchev–Trinajstić information content (AvgIpc) is 2.41. The average molecular weight is 261 g/mol. The third-order valence-corrected chi connectivity index (χ3v) is 3.31. The minimum absolute atomic E-state index is 0.00958. The molecule has 0 N–H and O–H groups in total. The van der Waals surface area contributed by atoms with E-state index in [4.69, 9.17) is 4.74 Å². The van der Waals surface area contributed by atoms with Gasteiger partial charge in [-0.05, 0) is 31.9 Å². The Kier molecular flexibility index (Phi) is 4.55. The van der Waals surface area contributed by atoms with Crippen molar-refractivity contribution in [1.82, 2.24) is 4.90 Å². The number of carbonyl (C=O) groups excluding carboxylic acids is 2. The van der Waals surface area contributed by atoms with Gasteiger partial charge in [0.25, 0.3) is 0 Å². The van der Waals surface area contributed by atoms with E-state index in [2.05, 4.69) is 0 Å². The summed E-state index contributed by atoms with van der Waals surface area (Å²) >= 11 is 0. The van der Waals surface area contributed by atoms with E-state index in [0.29, 0.717) is 30.9 Å². The van der Waals surface area contributed by atoms with E-state index in [9.17, 15) is 9.59 Å². The Morgan fingerprint density at radius 2 is 2.11 bits per heavy atom. The van der Waals surface area contributed by atoms with Gasteiger partial charge in [0.1, 0.15) is 12.4 Å². The van der Waals surface area contributed by atoms with E-state index < -0.39 is 0 Å². The van der Waals surface area contributed by atoms with E-state index in [0.717, 1.165) is 19.4 Å². The summed E-state index contributed by atoms with van der Waals surface area (Å²) in [6.07, 6.45) is 2.70. The zero-order chi connectivity index (χ0) is 13.7. The van der Waals surface area contributed by atoms with Crippen LogP contribution in [-0.2, 0) is 4.79 Å². The molecule has 0 spiro atoms. The van der Waals surface area contributed by atoms with E-state index >= 15 is 0 Å². The van der Waals surface area contributed by atoms with Gasteiger partial charge in [0.05, 0.1) is 12.1 Å². The van der Waals surface area contributed by atoms with Crippen LogP contribution in [0.15, 0.2) is 24.3 Å². The van der Waals surface area contributed by atoms with Crippen LogP contribution < -0.4 is 4.74 Å². The van der Waals surface area contributed by atoms with Crippen molar-refractivity contribution in [3.63, 3.8) is 0 Å². The molecule has 19 heavy (non-hydrogen) atoms. The topological polar surface area (TPSA) is 46.6 Å². The van der Waals surface area contributed by atoms with Crippen LogP contribution in [0.4, 0.5) is 0 Å². The number of ether oxygens (including phenoxy) is 1. The van der Waals surface area contributed by atoms with Gasteiger partial charge in [0.15, 0.2) is 5.78 Å². The molecular formula is C15H19NO3. The summed E-state index contributed by atoms with van der Waals surface area (Å²) in [6.45, 7) is 3.36. The molecule has 0 aliphatic carbocycles. The number of hydrogen-bond donors (Lipinski definition) is 0. The van der Waals surface area contributed by atoms with Crippen molar-refractivity contribution in [3.05, 3.63) is 29.8 Å². The van der Waals surface area contributed by atoms with Gasteiger partial charge in [-0.1, -0.05) is 12.1 Å². The van der Waals surface area contributed by atoms with Crippen LogP contribution in [0.2, 0.25) is 0 Å². The number of amides is 1. The van der Waals surface area contributed by atoms with E-state index in [1.807, 2.05) is 17.0 Å². The Balaban J connectivity index is 1.89. The Morgan fingerprint density at radius 3 is 2.84 bits per heavy atom. The highest BCUT2D eigenvalue weighted by molar-refractivity contribution is 5.96. The van der Waals surface area contributed by atoms with Crippen LogP contribution in [0.3, 0.4) is 0 Å². The van der Waals surface area contributed by atoms with Gasteiger partial charge in [-0.25, -0.2) is 0 Å². The van der Waals surface area contributed by atoms with Crippen LogP contribution in [0.25, 0.3) is 0 Å². The number of hydrogen-bond acceptors (Lipinski definition) is 3. The van der Waals surface area contributed by atoms with Crippen molar-refractivity contribution in [2.45, 2.75) is 26.2 Å². The summed E-state index contributed by atoms with van der Waals surface area (Å²) in [7, 11) is 0. The predicted octanol–water partition coefficient (Wildman–Crippen LogP) is 2.28. The maximum atomic E-state index is 11.6. The molecule has 0 atom stereocenters. The molecule has 1 fully saturated rings. The van der Waals surface area contributed by atoms with Crippen LogP contribution in [0.1, 0.15) is 36.5 Å². The monoisotopic (exact) mass is 261 g/mol. The molecule has 0 unspecified atom stereocenters. The molecule has 1 aromatic rings. The highest BCUT2D eigenvalue weighted by Crippen LogP contribution is 2.18. The molecule has 0 saturated carbocycles. The summed E-state index contributed by atoms with van der Waals surface area (Å²) in [5.74, 6) is 0.791. The first kappa shape index (κ1) is 13.6. The number of para-hydroxylation sites is 1. The minimum atomic E-state index is -0.00958. The van der Waals surface area contributed by atoms with E-state index in [1.165, 1.54) is 6.92 Å². The van der Waals surface area contributed by atoms with Gasteiger partial charge in [-0.3, -0.25) is 9.59 Å². The molecule has 4 nitrogen and oxygen atoms in total. The summed E-state index contributed by atoms with van der Waals surface area (Å²) in [5.41, 5.74) is 0.590. The highest BCUT2D eigenvalue weighted by atomic mass is 16.5. The second-order valence-corrected chi connectivity index (χ2v) is 4.74. The molecule has 102 valence electrons. The molecule has 1 aliphatic heterocycles. The molecule has 0 bridgehead atoms. The molecule has 0 aromatic heterocycles. The predicted molar refractivity (Wildman–Crippen MR) is 72.4 cm³/mol. The van der Waals surface area contributed by atoms with Crippen LogP contribution >= 0.6 is 0 Å². The van der Waals surface area contributed by atoms with Gasteiger partial charge in [0.2, 0.25) is 5.91 Å². The third kappa shape index (κ3) is 3.56. The fourth-order valence-corrected chi connectivity index (χ4v) is 2.25. The number of ketones is 1. The lowest BCUT2D eigenvalue weighted by atomic mass is 10.1. The third-order valence-electron chi connectivity index (χ3n) is 3.31. The maximum absolute atomic E-state index is 11.6. The van der Waals surface area contributed by atoms with E-state index in [-0.39, 0.29) is 11.7 Å². The first-order chi connectivity index (χ1) is 9.18. The first-order valence-corrected chi connectivity index (χ1v) is 6.69. The number of piperidine rings is 1. The fourth-order valence-electron chi connectivity index (χ4n) is 2.25. The zero-order valence-corrected chi connectivity index (χ0v) is 11.2. The van der Waals surface area contributed by atoms with Crippen LogP contribution in [0, 0.1) is 0 Å². The molecular weight excluding hydrogens is 242 g/mol. The fraction of sp³-hybridized carbons (Fsp3) is 0.467. The second kappa shape index (κ2) is 6.36. The summed E-state index contributed by atoms with van der Waals surface area (Å²) in [4.78, 5) is 24.9. The number of likely N-dealkylation sites (tertiary alicyclic amines) is 1. The van der Waals surface area contributed by atoms with Crippen LogP contribution in [-0.4, -0.2) is 36.3 Å². The number of carbonyl (C=O) groups is 2. The molecule has 1 saturated heterocycles. The lowest BCUT2D eigenvalue weighted by Crippen LogP contribution is -2.38. The second-order valence-electron chi connectivity index (χ2n) is 4.74. The van der Waals surface area contributed by atoms with Gasteiger partial charge in [-0.15, -0.1) is 0 Å². The molecule has 1 aliphatic rings. The standard InChI is InChI=1S/C15H19NO3/c1-12(17)13-6-2-3-7-14(13)19-11-10-16-9-5-4-8-15(16)18/h2-3,6-7H,4-5,8-11H2,1H3. The molecule has 4 heteroatoms. The Labute approximate surface area is 113 Å². The van der Waals surface area contributed by atoms with Crippen molar-refractivity contribution < 1.29 is 14.3 Å². The number of benzene rings is 1. The van der Waals surface area contributed by atoms with Gasteiger partial charge in [0, 0.05) is 13.0 Å². The van der Waals surface area contributed by atoms with Gasteiger partial charge < -0.3 is 9.64 Å². The van der Waals surface area contributed by atoms with Gasteiger partial charge in [-0.2, -0.15) is 0 Å². The number of rotatable bonds is 5. The normalized spacial score (nSPS) is 15.4. The largest absolute Gasteiger partial charge is 0.491 e. The van der Waals surface area contributed by atoms with Crippen molar-refractivity contribution in [3.8, 4) is 5.75 Å². The highest BCUT2D eigenvalue weighted by Gasteiger charge is 2.17. The molecule has 2 rings (SSSR count). The lowest BCUT2D eigenvalue weighted by Gasteiger charge is -2.26.